The Labute approximate surface area is 381 Å². The average molecular weight is 837 g/mol. The van der Waals surface area contributed by atoms with Crippen molar-refractivity contribution in [2.75, 3.05) is 0 Å². The van der Waals surface area contributed by atoms with Crippen molar-refractivity contribution in [1.82, 2.24) is 4.58 Å². The topological polar surface area (TPSA) is 16.1 Å². The van der Waals surface area contributed by atoms with Crippen LogP contribution in [0.2, 0.25) is 0 Å². The minimum atomic E-state index is 0.668. The van der Waals surface area contributed by atoms with Gasteiger partial charge in [-0.15, -0.1) is 0 Å². The molecule has 1 heterocycles. The molecule has 11 rings (SSSR count). The fraction of sp³-hybridized carbons (Fsp3) is 0.0952. The van der Waals surface area contributed by atoms with Crippen molar-refractivity contribution in [2.24, 2.45) is 0 Å². The molecule has 0 aliphatic heterocycles. The van der Waals surface area contributed by atoms with E-state index in [0.717, 1.165) is 44.4 Å². The minimum absolute atomic E-state index is 0.668. The van der Waals surface area contributed by atoms with E-state index in [1.54, 1.807) is 0 Å². The van der Waals surface area contributed by atoms with E-state index in [4.69, 9.17) is 4.42 Å². The van der Waals surface area contributed by atoms with E-state index in [-0.39, 0.29) is 0 Å². The molecular formula is C63H50NO+. The Morgan fingerprint density at radius 2 is 1.11 bits per heavy atom. The first-order valence-electron chi connectivity index (χ1n) is 23.0. The molecule has 0 spiro atoms. The summed E-state index contributed by atoms with van der Waals surface area (Å²) in [5.74, 6) is 0.668. The summed E-state index contributed by atoms with van der Waals surface area (Å²) in [6, 6.07) is 72.8. The Bertz CT molecular complexity index is 3440. The number of aryl methyl sites for hydroxylation is 1. The average Bonchev–Trinajstić information content (AvgIpc) is 3.72. The number of allylic oxidation sites excluding steroid dienone is 4. The maximum atomic E-state index is 6.19. The number of rotatable bonds is 10. The van der Waals surface area contributed by atoms with Gasteiger partial charge in [0.15, 0.2) is 6.21 Å². The first-order chi connectivity index (χ1) is 32.1. The zero-order chi connectivity index (χ0) is 43.7. The second-order valence-electron chi connectivity index (χ2n) is 17.4. The van der Waals surface area contributed by atoms with Crippen molar-refractivity contribution < 1.29 is 4.42 Å². The Morgan fingerprint density at radius 1 is 0.508 bits per heavy atom. The molecule has 0 atom stereocenters. The molecule has 0 unspecified atom stereocenters. The smallest absolute Gasteiger partial charge is 0.211 e. The van der Waals surface area contributed by atoms with Gasteiger partial charge < -0.3 is 4.42 Å². The van der Waals surface area contributed by atoms with E-state index in [1.807, 2.05) is 12.1 Å². The van der Waals surface area contributed by atoms with E-state index < -0.39 is 0 Å². The van der Waals surface area contributed by atoms with Crippen LogP contribution in [0, 0.1) is 6.92 Å². The number of nitrogens with zero attached hydrogens (tertiary/aromatic N) is 1. The molecule has 312 valence electrons. The second-order valence-corrected chi connectivity index (χ2v) is 17.4. The Balaban J connectivity index is 0.958. The van der Waals surface area contributed by atoms with Crippen LogP contribution in [0.25, 0.3) is 82.8 Å². The lowest BCUT2D eigenvalue weighted by atomic mass is 9.76. The second kappa shape index (κ2) is 17.4. The summed E-state index contributed by atoms with van der Waals surface area (Å²) >= 11 is 0. The maximum absolute atomic E-state index is 6.19. The van der Waals surface area contributed by atoms with E-state index in [9.17, 15) is 0 Å². The quantitative estimate of drug-likeness (QED) is 0.0761. The molecule has 10 aromatic rings. The van der Waals surface area contributed by atoms with Gasteiger partial charge in [-0.2, -0.15) is 4.58 Å². The molecule has 1 aliphatic rings. The summed E-state index contributed by atoms with van der Waals surface area (Å²) in [6.07, 6.45) is 12.6. The lowest BCUT2D eigenvalue weighted by Crippen LogP contribution is -2.10. The van der Waals surface area contributed by atoms with Crippen molar-refractivity contribution in [2.45, 2.75) is 39.0 Å². The van der Waals surface area contributed by atoms with Gasteiger partial charge in [-0.25, -0.2) is 0 Å². The van der Waals surface area contributed by atoms with Crippen molar-refractivity contribution in [1.29, 1.82) is 0 Å². The third kappa shape index (κ3) is 7.83. The fourth-order valence-corrected chi connectivity index (χ4v) is 9.67. The zero-order valence-electron chi connectivity index (χ0n) is 36.9. The zero-order valence-corrected chi connectivity index (χ0v) is 36.9. The molecule has 0 N–H and O–H groups in total. The summed E-state index contributed by atoms with van der Waals surface area (Å²) in [4.78, 5) is 0. The lowest BCUT2D eigenvalue weighted by molar-refractivity contribution is 0.420. The van der Waals surface area contributed by atoms with Gasteiger partial charge in [-0.1, -0.05) is 146 Å². The van der Waals surface area contributed by atoms with Crippen molar-refractivity contribution in [3.8, 4) is 44.5 Å². The van der Waals surface area contributed by atoms with Crippen LogP contribution in [0.3, 0.4) is 0 Å². The number of hydrogen-bond acceptors (Lipinski definition) is 1. The normalized spacial score (nSPS) is 13.6. The van der Waals surface area contributed by atoms with Gasteiger partial charge in [0.25, 0.3) is 0 Å². The van der Waals surface area contributed by atoms with Gasteiger partial charge in [-0.3, -0.25) is 0 Å². The van der Waals surface area contributed by atoms with E-state index in [2.05, 4.69) is 231 Å². The molecule has 1 aliphatic carbocycles. The lowest BCUT2D eigenvalue weighted by Gasteiger charge is -2.28. The summed E-state index contributed by atoms with van der Waals surface area (Å²) in [6.45, 7) is 4.32. The largest absolute Gasteiger partial charge is 0.456 e. The van der Waals surface area contributed by atoms with Crippen LogP contribution < -0.4 is 4.58 Å². The summed E-state index contributed by atoms with van der Waals surface area (Å²) in [5.41, 5.74) is 19.0. The van der Waals surface area contributed by atoms with E-state index >= 15 is 0 Å². The van der Waals surface area contributed by atoms with Gasteiger partial charge in [0.1, 0.15) is 11.2 Å². The molecule has 1 aromatic heterocycles. The summed E-state index contributed by atoms with van der Waals surface area (Å²) in [5, 5.41) is 4.77. The molecule has 0 radical (unpaired) electrons. The molecule has 65 heavy (non-hydrogen) atoms. The Kier molecular flexibility index (Phi) is 10.7. The summed E-state index contributed by atoms with van der Waals surface area (Å²) in [7, 11) is 0. The number of fused-ring (bicyclic) bond motifs is 4. The van der Waals surface area contributed by atoms with Crippen molar-refractivity contribution in [3.63, 3.8) is 0 Å². The van der Waals surface area contributed by atoms with Gasteiger partial charge in [0.2, 0.25) is 11.4 Å². The third-order valence-corrected chi connectivity index (χ3v) is 13.4. The molecule has 2 heteroatoms. The van der Waals surface area contributed by atoms with E-state index in [1.165, 1.54) is 85.7 Å². The number of para-hydroxylation sites is 1. The minimum Gasteiger partial charge on any atom is -0.456 e. The molecule has 0 bridgehead atoms. The SMILES string of the molecule is C/C=C\C(=C/C=[N+](c1ccc(-c2ccc(-c3cccc4ccccc34)cc2)cc1)c1ccc(-c2ccc(C)c(-c3ccccc3C3CCC3)c2)cc1)c1ccc2oc3ccccc3c2c1. The predicted octanol–water partition coefficient (Wildman–Crippen LogP) is 17.5. The highest BCUT2D eigenvalue weighted by molar-refractivity contribution is 6.06. The monoisotopic (exact) mass is 836 g/mol. The van der Waals surface area contributed by atoms with Crippen molar-refractivity contribution in [3.05, 3.63) is 235 Å². The van der Waals surface area contributed by atoms with Gasteiger partial charge in [0.05, 0.1) is 0 Å². The van der Waals surface area contributed by atoms with Crippen LogP contribution in [0.15, 0.2) is 223 Å². The van der Waals surface area contributed by atoms with Crippen LogP contribution >= 0.6 is 0 Å². The van der Waals surface area contributed by atoms with Crippen LogP contribution in [-0.2, 0) is 0 Å². The standard InChI is InChI=1S/C63H50NO/c1-3-12-44(52-33-38-63-61(42-52)59-20-8-9-22-62(59)65-63)39-40-64(53-34-29-46(30-35-53)45-25-27-50(28-26-45)56-21-11-16-48-13-4-5-17-55(48)56)54-36-31-47(32-37-54)51-24-23-43(2)60(41-51)58-19-7-6-18-57(58)49-14-10-15-49/h3-9,11-13,16-42,49H,10,14-15H2,1-2H3/q+1/b12-3-,44-39+,64-40?. The molecule has 0 saturated heterocycles. The highest BCUT2D eigenvalue weighted by Crippen LogP contribution is 2.43. The summed E-state index contributed by atoms with van der Waals surface area (Å²) < 4.78 is 8.48. The predicted molar refractivity (Wildman–Crippen MR) is 277 cm³/mol. The Hall–Kier alpha value is -7.81. The fourth-order valence-electron chi connectivity index (χ4n) is 9.67. The Morgan fingerprint density at radius 3 is 1.85 bits per heavy atom. The highest BCUT2D eigenvalue weighted by atomic mass is 16.3. The first-order valence-corrected chi connectivity index (χ1v) is 23.0. The molecule has 9 aromatic carbocycles. The number of hydrogen-bond donors (Lipinski definition) is 0. The van der Waals surface area contributed by atoms with Crippen LogP contribution in [0.1, 0.15) is 48.8 Å². The molecular weight excluding hydrogens is 787 g/mol. The van der Waals surface area contributed by atoms with Gasteiger partial charge in [0, 0.05) is 41.1 Å². The highest BCUT2D eigenvalue weighted by Gasteiger charge is 2.23. The van der Waals surface area contributed by atoms with E-state index in [0.29, 0.717) is 5.92 Å². The van der Waals surface area contributed by atoms with Gasteiger partial charge >= 0.3 is 0 Å². The number of furan rings is 1. The maximum Gasteiger partial charge on any atom is 0.211 e. The molecule has 2 nitrogen and oxygen atoms in total. The van der Waals surface area contributed by atoms with Crippen LogP contribution in [0.4, 0.5) is 11.4 Å². The molecule has 1 fully saturated rings. The third-order valence-electron chi connectivity index (χ3n) is 13.4. The molecule has 0 amide bonds. The van der Waals surface area contributed by atoms with Crippen molar-refractivity contribution >= 4 is 55.9 Å². The van der Waals surface area contributed by atoms with Crippen LogP contribution in [0.5, 0.6) is 0 Å². The molecule has 1 saturated carbocycles. The number of benzene rings is 9. The van der Waals surface area contributed by atoms with Crippen LogP contribution in [-0.4, -0.2) is 6.21 Å². The van der Waals surface area contributed by atoms with Gasteiger partial charge in [-0.05, 0) is 159 Å². The first kappa shape index (κ1) is 40.0.